The molecule has 1 amide bonds. The van der Waals surface area contributed by atoms with Crippen LogP contribution < -0.4 is 10.6 Å². The van der Waals surface area contributed by atoms with Crippen LogP contribution in [0.5, 0.6) is 0 Å². The fraction of sp³-hybridized carbons (Fsp3) is 0.600. The van der Waals surface area contributed by atoms with Crippen LogP contribution in [0, 0.1) is 5.41 Å². The van der Waals surface area contributed by atoms with Gasteiger partial charge in [0.15, 0.2) is 5.96 Å². The first-order chi connectivity index (χ1) is 12.9. The van der Waals surface area contributed by atoms with E-state index in [4.69, 9.17) is 4.74 Å². The second kappa shape index (κ2) is 10.7. The summed E-state index contributed by atoms with van der Waals surface area (Å²) in [5.74, 6) is 0.697. The minimum Gasteiger partial charge on any atom is -0.385 e. The number of halogens is 1. The molecule has 0 radical (unpaired) electrons. The molecule has 1 aliphatic rings. The normalized spacial score (nSPS) is 15.8. The molecule has 1 aromatic rings. The Morgan fingerprint density at radius 2 is 1.96 bits per heavy atom. The standard InChI is InChI=1S/C20H31BrN4O2/c1-25(2)18(26)14-23-19(22-13-16-5-7-17(21)8-6-16)24-15-20(9-4-10-20)11-12-27-3/h5-8H,4,9-15H2,1-3H3,(H2,22,23,24). The molecule has 1 aliphatic carbocycles. The highest BCUT2D eigenvalue weighted by atomic mass is 79.9. The molecular weight excluding hydrogens is 408 g/mol. The molecule has 150 valence electrons. The summed E-state index contributed by atoms with van der Waals surface area (Å²) in [6.45, 7) is 2.41. The highest BCUT2D eigenvalue weighted by Gasteiger charge is 2.36. The number of nitrogens with zero attached hydrogens (tertiary/aromatic N) is 2. The van der Waals surface area contributed by atoms with Gasteiger partial charge >= 0.3 is 0 Å². The number of hydrogen-bond donors (Lipinski definition) is 2. The third-order valence-electron chi connectivity index (χ3n) is 5.12. The maximum atomic E-state index is 11.9. The zero-order chi connectivity index (χ0) is 19.7. The van der Waals surface area contributed by atoms with Crippen molar-refractivity contribution in [1.29, 1.82) is 0 Å². The number of methoxy groups -OCH3 is 1. The first kappa shape index (κ1) is 21.7. The van der Waals surface area contributed by atoms with Crippen molar-refractivity contribution in [2.75, 3.05) is 40.9 Å². The van der Waals surface area contributed by atoms with Gasteiger partial charge in [0.1, 0.15) is 0 Å². The number of nitrogens with one attached hydrogen (secondary N) is 2. The SMILES string of the molecule is COCCC1(CNC(=NCc2ccc(Br)cc2)NCC(=O)N(C)C)CCC1. The molecule has 6 nitrogen and oxygen atoms in total. The van der Waals surface area contributed by atoms with Gasteiger partial charge in [-0.1, -0.05) is 34.5 Å². The Hall–Kier alpha value is -1.60. The second-order valence-electron chi connectivity index (χ2n) is 7.38. The van der Waals surface area contributed by atoms with E-state index in [2.05, 4.69) is 31.6 Å². The van der Waals surface area contributed by atoms with Crippen LogP contribution in [0.1, 0.15) is 31.2 Å². The van der Waals surface area contributed by atoms with Gasteiger partial charge in [0.25, 0.3) is 0 Å². The maximum Gasteiger partial charge on any atom is 0.241 e. The van der Waals surface area contributed by atoms with E-state index < -0.39 is 0 Å². The van der Waals surface area contributed by atoms with E-state index in [1.807, 2.05) is 24.3 Å². The van der Waals surface area contributed by atoms with Crippen molar-refractivity contribution < 1.29 is 9.53 Å². The lowest BCUT2D eigenvalue weighted by Gasteiger charge is -2.42. The summed E-state index contributed by atoms with van der Waals surface area (Å²) in [5, 5.41) is 6.62. The number of hydrogen-bond acceptors (Lipinski definition) is 3. The van der Waals surface area contributed by atoms with Gasteiger partial charge in [0, 0.05) is 38.8 Å². The molecule has 0 aliphatic heterocycles. The predicted molar refractivity (Wildman–Crippen MR) is 113 cm³/mol. The van der Waals surface area contributed by atoms with Crippen LogP contribution in [0.2, 0.25) is 0 Å². The summed E-state index contributed by atoms with van der Waals surface area (Å²) in [6.07, 6.45) is 4.73. The summed E-state index contributed by atoms with van der Waals surface area (Å²) in [5.41, 5.74) is 1.40. The molecule has 1 aromatic carbocycles. The second-order valence-corrected chi connectivity index (χ2v) is 8.30. The zero-order valence-corrected chi connectivity index (χ0v) is 18.1. The van der Waals surface area contributed by atoms with E-state index in [-0.39, 0.29) is 17.9 Å². The van der Waals surface area contributed by atoms with E-state index in [0.717, 1.165) is 29.6 Å². The smallest absolute Gasteiger partial charge is 0.241 e. The van der Waals surface area contributed by atoms with Crippen LogP contribution in [-0.4, -0.2) is 57.7 Å². The third-order valence-corrected chi connectivity index (χ3v) is 5.65. The van der Waals surface area contributed by atoms with E-state index in [1.165, 1.54) is 19.3 Å². The van der Waals surface area contributed by atoms with Crippen molar-refractivity contribution in [2.45, 2.75) is 32.2 Å². The minimum atomic E-state index is 0.0193. The van der Waals surface area contributed by atoms with Gasteiger partial charge in [-0.3, -0.25) is 4.79 Å². The first-order valence-corrected chi connectivity index (χ1v) is 10.2. The quantitative estimate of drug-likeness (QED) is 0.459. The number of ether oxygens (including phenoxy) is 1. The van der Waals surface area contributed by atoms with Gasteiger partial charge in [-0.15, -0.1) is 0 Å². The minimum absolute atomic E-state index is 0.0193. The van der Waals surface area contributed by atoms with Crippen molar-refractivity contribution in [3.05, 3.63) is 34.3 Å². The molecule has 0 aromatic heterocycles. The lowest BCUT2D eigenvalue weighted by Crippen LogP contribution is -2.48. The monoisotopic (exact) mass is 438 g/mol. The highest BCUT2D eigenvalue weighted by molar-refractivity contribution is 9.10. The van der Waals surface area contributed by atoms with E-state index in [1.54, 1.807) is 26.1 Å². The Labute approximate surface area is 170 Å². The fourth-order valence-electron chi connectivity index (χ4n) is 3.03. The van der Waals surface area contributed by atoms with E-state index >= 15 is 0 Å². The Bertz CT molecular complexity index is 627. The molecule has 0 spiro atoms. The average Bonchev–Trinajstić information content (AvgIpc) is 2.62. The van der Waals surface area contributed by atoms with Crippen molar-refractivity contribution in [2.24, 2.45) is 10.4 Å². The number of likely N-dealkylation sites (N-methyl/N-ethyl adjacent to an activating group) is 1. The van der Waals surface area contributed by atoms with E-state index in [9.17, 15) is 4.79 Å². The number of guanidine groups is 1. The molecule has 27 heavy (non-hydrogen) atoms. The third kappa shape index (κ3) is 7.14. The van der Waals surface area contributed by atoms with Crippen LogP contribution >= 0.6 is 15.9 Å². The van der Waals surface area contributed by atoms with Crippen LogP contribution in [0.3, 0.4) is 0 Å². The summed E-state index contributed by atoms with van der Waals surface area (Å²) in [7, 11) is 5.26. The van der Waals surface area contributed by atoms with Crippen molar-refractivity contribution in [3.63, 3.8) is 0 Å². The first-order valence-electron chi connectivity index (χ1n) is 9.40. The Kier molecular flexibility index (Phi) is 8.57. The van der Waals surface area contributed by atoms with Crippen LogP contribution in [0.25, 0.3) is 0 Å². The van der Waals surface area contributed by atoms with Crippen LogP contribution in [0.15, 0.2) is 33.7 Å². The maximum absolute atomic E-state index is 11.9. The van der Waals surface area contributed by atoms with Gasteiger partial charge in [-0.25, -0.2) is 4.99 Å². The molecule has 1 saturated carbocycles. The number of rotatable bonds is 9. The Balaban J connectivity index is 1.98. The van der Waals surface area contributed by atoms with Crippen molar-refractivity contribution in [3.8, 4) is 0 Å². The van der Waals surface area contributed by atoms with Gasteiger partial charge in [-0.2, -0.15) is 0 Å². The molecular formula is C20H31BrN4O2. The molecule has 0 saturated heterocycles. The van der Waals surface area contributed by atoms with Gasteiger partial charge in [0.05, 0.1) is 13.1 Å². The summed E-state index contributed by atoms with van der Waals surface area (Å²) < 4.78 is 6.32. The fourth-order valence-corrected chi connectivity index (χ4v) is 3.30. The summed E-state index contributed by atoms with van der Waals surface area (Å²) in [4.78, 5) is 18.2. The van der Waals surface area contributed by atoms with Gasteiger partial charge in [0.2, 0.25) is 5.91 Å². The van der Waals surface area contributed by atoms with Gasteiger partial charge in [-0.05, 0) is 42.4 Å². The average molecular weight is 439 g/mol. The summed E-state index contributed by atoms with van der Waals surface area (Å²) >= 11 is 3.45. The van der Waals surface area contributed by atoms with Crippen LogP contribution in [-0.2, 0) is 16.1 Å². The molecule has 7 heteroatoms. The lowest BCUT2D eigenvalue weighted by atomic mass is 9.67. The highest BCUT2D eigenvalue weighted by Crippen LogP contribution is 2.43. The van der Waals surface area contributed by atoms with Crippen LogP contribution in [0.4, 0.5) is 0 Å². The molecule has 1 fully saturated rings. The van der Waals surface area contributed by atoms with Crippen molar-refractivity contribution >= 4 is 27.8 Å². The van der Waals surface area contributed by atoms with Crippen molar-refractivity contribution in [1.82, 2.24) is 15.5 Å². The number of carbonyl (C=O) groups excluding carboxylic acids is 1. The number of carbonyl (C=O) groups is 1. The molecule has 0 bridgehead atoms. The molecule has 0 heterocycles. The zero-order valence-electron chi connectivity index (χ0n) is 16.6. The Morgan fingerprint density at radius 3 is 2.52 bits per heavy atom. The molecule has 0 unspecified atom stereocenters. The lowest BCUT2D eigenvalue weighted by molar-refractivity contribution is -0.127. The molecule has 2 rings (SSSR count). The number of aliphatic imine (C=N–C) groups is 1. The van der Waals surface area contributed by atoms with E-state index in [0.29, 0.717) is 12.5 Å². The summed E-state index contributed by atoms with van der Waals surface area (Å²) in [6, 6.07) is 8.11. The molecule has 2 N–H and O–H groups in total. The number of benzene rings is 1. The van der Waals surface area contributed by atoms with Gasteiger partial charge < -0.3 is 20.3 Å². The number of amides is 1. The topological polar surface area (TPSA) is 66.0 Å². The predicted octanol–water partition coefficient (Wildman–Crippen LogP) is 2.78. The molecule has 0 atom stereocenters. The Morgan fingerprint density at radius 1 is 1.26 bits per heavy atom. The largest absolute Gasteiger partial charge is 0.385 e.